The number of ketones is 1. The van der Waals surface area contributed by atoms with Crippen molar-refractivity contribution in [3.05, 3.63) is 35.9 Å². The minimum atomic E-state index is -0.565. The predicted molar refractivity (Wildman–Crippen MR) is 80.7 cm³/mol. The van der Waals surface area contributed by atoms with Gasteiger partial charge in [0.05, 0.1) is 13.2 Å². The molecule has 0 radical (unpaired) electrons. The van der Waals surface area contributed by atoms with E-state index in [1.807, 2.05) is 30.3 Å². The van der Waals surface area contributed by atoms with Crippen LogP contribution in [0.4, 0.5) is 0 Å². The highest BCUT2D eigenvalue weighted by atomic mass is 16.6. The molecule has 0 unspecified atom stereocenters. The summed E-state index contributed by atoms with van der Waals surface area (Å²) in [6.45, 7) is 7.87. The Morgan fingerprint density at radius 1 is 1.14 bits per heavy atom. The second kappa shape index (κ2) is 7.93. The molecule has 0 aliphatic rings. The first kappa shape index (κ1) is 17.4. The van der Waals surface area contributed by atoms with Gasteiger partial charge in [0, 0.05) is 5.92 Å². The SMILES string of the molecule is C[C@@H](COCc1ccccc1)C(=O)CC(=O)OC(C)(C)C. The van der Waals surface area contributed by atoms with Crippen LogP contribution in [0.15, 0.2) is 30.3 Å². The van der Waals surface area contributed by atoms with Crippen LogP contribution < -0.4 is 0 Å². The molecule has 0 saturated heterocycles. The van der Waals surface area contributed by atoms with Gasteiger partial charge in [0.2, 0.25) is 0 Å². The lowest BCUT2D eigenvalue weighted by Gasteiger charge is -2.19. The zero-order valence-corrected chi connectivity index (χ0v) is 13.2. The quantitative estimate of drug-likeness (QED) is 0.572. The van der Waals surface area contributed by atoms with Crippen LogP contribution in [0.25, 0.3) is 0 Å². The van der Waals surface area contributed by atoms with E-state index in [4.69, 9.17) is 9.47 Å². The summed E-state index contributed by atoms with van der Waals surface area (Å²) in [4.78, 5) is 23.5. The molecule has 4 heteroatoms. The van der Waals surface area contributed by atoms with Crippen LogP contribution >= 0.6 is 0 Å². The summed E-state index contributed by atoms with van der Waals surface area (Å²) in [5.41, 5.74) is 0.494. The second-order valence-corrected chi connectivity index (χ2v) is 6.13. The Morgan fingerprint density at radius 3 is 2.33 bits per heavy atom. The van der Waals surface area contributed by atoms with Crippen LogP contribution in [0.1, 0.15) is 39.7 Å². The Balaban J connectivity index is 2.29. The summed E-state index contributed by atoms with van der Waals surface area (Å²) >= 11 is 0. The standard InChI is InChI=1S/C17H24O4/c1-13(11-20-12-14-8-6-5-7-9-14)15(18)10-16(19)21-17(2,3)4/h5-9,13H,10-12H2,1-4H3/t13-/m0/s1. The van der Waals surface area contributed by atoms with Crippen molar-refractivity contribution in [1.29, 1.82) is 0 Å². The Bertz CT molecular complexity index is 459. The third-order valence-corrected chi connectivity index (χ3v) is 2.77. The topological polar surface area (TPSA) is 52.6 Å². The van der Waals surface area contributed by atoms with Gasteiger partial charge in [-0.05, 0) is 26.3 Å². The van der Waals surface area contributed by atoms with Crippen molar-refractivity contribution in [2.45, 2.75) is 46.3 Å². The van der Waals surface area contributed by atoms with Gasteiger partial charge in [0.25, 0.3) is 0 Å². The molecule has 1 atom stereocenters. The summed E-state index contributed by atoms with van der Waals surface area (Å²) in [5.74, 6) is -0.957. The molecular formula is C17H24O4. The van der Waals surface area contributed by atoms with Gasteiger partial charge in [0.1, 0.15) is 17.8 Å². The monoisotopic (exact) mass is 292 g/mol. The van der Waals surface area contributed by atoms with Gasteiger partial charge in [-0.3, -0.25) is 9.59 Å². The van der Waals surface area contributed by atoms with E-state index in [2.05, 4.69) is 0 Å². The number of rotatable bonds is 7. The maximum Gasteiger partial charge on any atom is 0.313 e. The molecule has 0 bridgehead atoms. The van der Waals surface area contributed by atoms with E-state index in [9.17, 15) is 9.59 Å². The highest BCUT2D eigenvalue weighted by molar-refractivity contribution is 5.96. The lowest BCUT2D eigenvalue weighted by atomic mass is 10.0. The average Bonchev–Trinajstić information content (AvgIpc) is 2.37. The fourth-order valence-electron chi connectivity index (χ4n) is 1.71. The van der Waals surface area contributed by atoms with Gasteiger partial charge in [-0.15, -0.1) is 0 Å². The van der Waals surface area contributed by atoms with E-state index in [1.165, 1.54) is 0 Å². The Kier molecular flexibility index (Phi) is 6.56. The van der Waals surface area contributed by atoms with Crippen LogP contribution in [-0.4, -0.2) is 24.0 Å². The molecule has 0 spiro atoms. The number of benzene rings is 1. The maximum atomic E-state index is 11.9. The molecule has 0 saturated carbocycles. The van der Waals surface area contributed by atoms with Gasteiger partial charge in [-0.1, -0.05) is 37.3 Å². The molecule has 1 aromatic rings. The van der Waals surface area contributed by atoms with E-state index in [1.54, 1.807) is 27.7 Å². The number of hydrogen-bond donors (Lipinski definition) is 0. The molecule has 0 amide bonds. The van der Waals surface area contributed by atoms with Crippen molar-refractivity contribution in [1.82, 2.24) is 0 Å². The largest absolute Gasteiger partial charge is 0.460 e. The summed E-state index contributed by atoms with van der Waals surface area (Å²) in [6.07, 6.45) is -0.201. The highest BCUT2D eigenvalue weighted by Crippen LogP contribution is 2.11. The van der Waals surface area contributed by atoms with Gasteiger partial charge >= 0.3 is 5.97 Å². The Hall–Kier alpha value is -1.68. The molecule has 0 heterocycles. The van der Waals surface area contributed by atoms with Crippen molar-refractivity contribution in [3.8, 4) is 0 Å². The lowest BCUT2D eigenvalue weighted by molar-refractivity contribution is -0.156. The van der Waals surface area contributed by atoms with E-state index in [0.717, 1.165) is 5.56 Å². The fourth-order valence-corrected chi connectivity index (χ4v) is 1.71. The first-order chi connectivity index (χ1) is 9.78. The highest BCUT2D eigenvalue weighted by Gasteiger charge is 2.22. The summed E-state index contributed by atoms with van der Waals surface area (Å²) in [5, 5.41) is 0. The molecule has 1 rings (SSSR count). The van der Waals surface area contributed by atoms with Crippen molar-refractivity contribution in [2.24, 2.45) is 5.92 Å². The second-order valence-electron chi connectivity index (χ2n) is 6.13. The van der Waals surface area contributed by atoms with Gasteiger partial charge in [-0.2, -0.15) is 0 Å². The van der Waals surface area contributed by atoms with Crippen LogP contribution in [-0.2, 0) is 25.7 Å². The van der Waals surface area contributed by atoms with E-state index in [-0.39, 0.29) is 18.1 Å². The molecule has 0 aliphatic carbocycles. The molecule has 1 aromatic carbocycles. The molecule has 0 N–H and O–H groups in total. The number of esters is 1. The first-order valence-corrected chi connectivity index (χ1v) is 7.14. The first-order valence-electron chi connectivity index (χ1n) is 7.14. The lowest BCUT2D eigenvalue weighted by Crippen LogP contribution is -2.27. The molecule has 0 aromatic heterocycles. The molecule has 116 valence electrons. The van der Waals surface area contributed by atoms with Crippen molar-refractivity contribution in [3.63, 3.8) is 0 Å². The summed E-state index contributed by atoms with van der Waals surface area (Å²) in [6, 6.07) is 9.75. The molecule has 4 nitrogen and oxygen atoms in total. The molecule has 21 heavy (non-hydrogen) atoms. The molecular weight excluding hydrogens is 268 g/mol. The number of hydrogen-bond acceptors (Lipinski definition) is 4. The number of carbonyl (C=O) groups excluding carboxylic acids is 2. The number of ether oxygens (including phenoxy) is 2. The van der Waals surface area contributed by atoms with E-state index in [0.29, 0.717) is 13.2 Å². The van der Waals surface area contributed by atoms with Crippen molar-refractivity contribution < 1.29 is 19.1 Å². The maximum absolute atomic E-state index is 11.9. The zero-order valence-electron chi connectivity index (χ0n) is 13.2. The number of carbonyl (C=O) groups is 2. The van der Waals surface area contributed by atoms with Crippen LogP contribution in [0, 0.1) is 5.92 Å². The minimum Gasteiger partial charge on any atom is -0.460 e. The minimum absolute atomic E-state index is 0.155. The molecule has 0 aliphatic heterocycles. The average molecular weight is 292 g/mol. The van der Waals surface area contributed by atoms with Gasteiger partial charge in [-0.25, -0.2) is 0 Å². The summed E-state index contributed by atoms with van der Waals surface area (Å²) < 4.78 is 10.6. The van der Waals surface area contributed by atoms with E-state index < -0.39 is 11.6 Å². The predicted octanol–water partition coefficient (Wildman–Crippen LogP) is 3.14. The van der Waals surface area contributed by atoms with E-state index >= 15 is 0 Å². The fraction of sp³-hybridized carbons (Fsp3) is 0.529. The number of Topliss-reactive ketones (excluding diaryl/α,β-unsaturated/α-hetero) is 1. The van der Waals surface area contributed by atoms with Crippen molar-refractivity contribution in [2.75, 3.05) is 6.61 Å². The molecule has 0 fully saturated rings. The van der Waals surface area contributed by atoms with Gasteiger partial charge < -0.3 is 9.47 Å². The third-order valence-electron chi connectivity index (χ3n) is 2.77. The van der Waals surface area contributed by atoms with Crippen LogP contribution in [0.2, 0.25) is 0 Å². The van der Waals surface area contributed by atoms with Crippen molar-refractivity contribution >= 4 is 11.8 Å². The zero-order chi connectivity index (χ0) is 15.9. The Labute approximate surface area is 126 Å². The van der Waals surface area contributed by atoms with Gasteiger partial charge in [0.15, 0.2) is 0 Å². The third kappa shape index (κ3) is 7.61. The van der Waals surface area contributed by atoms with Crippen LogP contribution in [0.5, 0.6) is 0 Å². The summed E-state index contributed by atoms with van der Waals surface area (Å²) in [7, 11) is 0. The smallest absolute Gasteiger partial charge is 0.313 e. The van der Waals surface area contributed by atoms with Crippen LogP contribution in [0.3, 0.4) is 0 Å². The Morgan fingerprint density at radius 2 is 1.76 bits per heavy atom. The normalized spacial score (nSPS) is 12.8.